The Morgan fingerprint density at radius 3 is 1.90 bits per heavy atom. The van der Waals surface area contributed by atoms with E-state index in [2.05, 4.69) is 128 Å². The van der Waals surface area contributed by atoms with Crippen LogP contribution in [0.25, 0.3) is 66.3 Å². The van der Waals surface area contributed by atoms with Gasteiger partial charge in [-0.3, -0.25) is 9.97 Å². The average molecular weight is 513 g/mol. The lowest BCUT2D eigenvalue weighted by atomic mass is 9.99. The van der Waals surface area contributed by atoms with E-state index >= 15 is 0 Å². The van der Waals surface area contributed by atoms with Crippen LogP contribution in [0.15, 0.2) is 146 Å². The van der Waals surface area contributed by atoms with Crippen molar-refractivity contribution >= 4 is 32.7 Å². The van der Waals surface area contributed by atoms with E-state index in [1.807, 2.05) is 36.9 Å². The highest BCUT2D eigenvalue weighted by Crippen LogP contribution is 2.39. The largest absolute Gasteiger partial charge is 0.316 e. The predicted molar refractivity (Wildman–Crippen MR) is 164 cm³/mol. The molecule has 188 valence electrons. The summed E-state index contributed by atoms with van der Waals surface area (Å²) < 4.78 is 4.70. The Bertz CT molecular complexity index is 2080. The van der Waals surface area contributed by atoms with Crippen LogP contribution in [0.2, 0.25) is 0 Å². The molecule has 0 bridgehead atoms. The molecule has 0 N–H and O–H groups in total. The monoisotopic (exact) mass is 512 g/mol. The van der Waals surface area contributed by atoms with Gasteiger partial charge >= 0.3 is 0 Å². The highest BCUT2D eigenvalue weighted by molar-refractivity contribution is 6.20. The molecule has 8 aromatic rings. The van der Waals surface area contributed by atoms with E-state index < -0.39 is 0 Å². The van der Waals surface area contributed by atoms with Crippen molar-refractivity contribution in [3.63, 3.8) is 0 Å². The minimum absolute atomic E-state index is 1.08. The summed E-state index contributed by atoms with van der Waals surface area (Å²) in [7, 11) is 0. The second-order valence-electron chi connectivity index (χ2n) is 10.0. The van der Waals surface area contributed by atoms with E-state index in [1.54, 1.807) is 0 Å². The molecule has 0 amide bonds. The van der Waals surface area contributed by atoms with Gasteiger partial charge in [0.1, 0.15) is 0 Å². The van der Waals surface area contributed by atoms with Crippen LogP contribution in [0.5, 0.6) is 0 Å². The Morgan fingerprint density at radius 1 is 0.500 bits per heavy atom. The van der Waals surface area contributed by atoms with Gasteiger partial charge in [-0.2, -0.15) is 0 Å². The molecule has 8 rings (SSSR count). The quantitative estimate of drug-likeness (QED) is 0.236. The summed E-state index contributed by atoms with van der Waals surface area (Å²) in [5.74, 6) is 0. The topological polar surface area (TPSA) is 35.6 Å². The number of pyridine rings is 2. The van der Waals surface area contributed by atoms with Gasteiger partial charge in [0.05, 0.1) is 16.6 Å². The molecule has 0 fully saturated rings. The fourth-order valence-electron chi connectivity index (χ4n) is 5.90. The number of para-hydroxylation sites is 2. The van der Waals surface area contributed by atoms with E-state index in [0.29, 0.717) is 0 Å². The van der Waals surface area contributed by atoms with E-state index in [0.717, 1.165) is 33.6 Å². The van der Waals surface area contributed by atoms with Gasteiger partial charge in [-0.1, -0.05) is 54.6 Å². The second kappa shape index (κ2) is 9.07. The normalized spacial score (nSPS) is 11.5. The first kappa shape index (κ1) is 22.5. The van der Waals surface area contributed by atoms with Gasteiger partial charge in [-0.05, 0) is 71.8 Å². The third-order valence-corrected chi connectivity index (χ3v) is 7.69. The zero-order valence-electron chi connectivity index (χ0n) is 21.6. The Labute approximate surface area is 231 Å². The van der Waals surface area contributed by atoms with Gasteiger partial charge < -0.3 is 9.13 Å². The lowest BCUT2D eigenvalue weighted by molar-refractivity contribution is 1.13. The summed E-state index contributed by atoms with van der Waals surface area (Å²) in [5, 5.41) is 3.70. The van der Waals surface area contributed by atoms with Crippen molar-refractivity contribution in [1.82, 2.24) is 19.1 Å². The Kier molecular flexibility index (Phi) is 5.10. The summed E-state index contributed by atoms with van der Waals surface area (Å²) in [4.78, 5) is 8.80. The van der Waals surface area contributed by atoms with Gasteiger partial charge in [-0.15, -0.1) is 0 Å². The van der Waals surface area contributed by atoms with Crippen molar-refractivity contribution < 1.29 is 0 Å². The average Bonchev–Trinajstić information content (AvgIpc) is 3.61. The molecule has 4 aromatic carbocycles. The van der Waals surface area contributed by atoms with Crippen molar-refractivity contribution in [3.05, 3.63) is 146 Å². The molecule has 0 unspecified atom stereocenters. The molecule has 4 aromatic heterocycles. The maximum atomic E-state index is 4.40. The van der Waals surface area contributed by atoms with Crippen LogP contribution < -0.4 is 0 Å². The Hall–Kier alpha value is -5.48. The number of aromatic nitrogens is 4. The van der Waals surface area contributed by atoms with Crippen LogP contribution in [0.3, 0.4) is 0 Å². The minimum atomic E-state index is 1.08. The molecular weight excluding hydrogens is 488 g/mol. The highest BCUT2D eigenvalue weighted by atomic mass is 15.0. The predicted octanol–water partition coefficient (Wildman–Crippen LogP) is 8.85. The zero-order valence-corrected chi connectivity index (χ0v) is 21.6. The lowest BCUT2D eigenvalue weighted by Gasteiger charge is -2.14. The van der Waals surface area contributed by atoms with E-state index in [9.17, 15) is 0 Å². The summed E-state index contributed by atoms with van der Waals surface area (Å²) in [6.45, 7) is 0. The van der Waals surface area contributed by atoms with Crippen molar-refractivity contribution in [2.45, 2.75) is 0 Å². The Balaban J connectivity index is 1.48. The first-order chi connectivity index (χ1) is 19.8. The molecule has 0 aliphatic carbocycles. The molecule has 0 aliphatic heterocycles. The van der Waals surface area contributed by atoms with Gasteiger partial charge in [-0.25, -0.2) is 0 Å². The van der Waals surface area contributed by atoms with Crippen LogP contribution in [0.1, 0.15) is 0 Å². The lowest BCUT2D eigenvalue weighted by Crippen LogP contribution is -1.96. The van der Waals surface area contributed by atoms with Crippen molar-refractivity contribution in [2.75, 3.05) is 0 Å². The molecule has 0 aliphatic rings. The molecule has 4 heteroatoms. The number of rotatable bonds is 4. The van der Waals surface area contributed by atoms with Gasteiger partial charge in [0.2, 0.25) is 0 Å². The number of nitrogens with zero attached hydrogens (tertiary/aromatic N) is 4. The molecule has 4 heterocycles. The number of fused-ring (bicyclic) bond motifs is 5. The third kappa shape index (κ3) is 3.54. The molecule has 0 spiro atoms. The first-order valence-electron chi connectivity index (χ1n) is 13.4. The number of hydrogen-bond acceptors (Lipinski definition) is 2. The van der Waals surface area contributed by atoms with Gasteiger partial charge in [0.15, 0.2) is 0 Å². The standard InChI is InChI=1S/C36H24N4/c1-2-10-30(11-3-1)39-19-16-25-14-15-34-35(36(25)39)32-12-4-5-13-33(32)40(34)31-21-28(26-8-6-17-37-23-26)20-29(22-31)27-9-7-18-38-24-27/h1-24H. The van der Waals surface area contributed by atoms with Crippen molar-refractivity contribution in [3.8, 4) is 33.6 Å². The zero-order chi connectivity index (χ0) is 26.5. The summed E-state index contributed by atoms with van der Waals surface area (Å²) in [6, 6.07) is 40.9. The number of hydrogen-bond donors (Lipinski definition) is 0. The molecule has 4 nitrogen and oxygen atoms in total. The van der Waals surface area contributed by atoms with Crippen molar-refractivity contribution in [1.29, 1.82) is 0 Å². The van der Waals surface area contributed by atoms with Crippen molar-refractivity contribution in [2.24, 2.45) is 0 Å². The number of benzene rings is 4. The smallest absolute Gasteiger partial charge is 0.0628 e. The molecule has 0 atom stereocenters. The van der Waals surface area contributed by atoms with E-state index in [-0.39, 0.29) is 0 Å². The van der Waals surface area contributed by atoms with Crippen LogP contribution in [-0.4, -0.2) is 19.1 Å². The minimum Gasteiger partial charge on any atom is -0.316 e. The molecule has 40 heavy (non-hydrogen) atoms. The Morgan fingerprint density at radius 2 is 1.20 bits per heavy atom. The SMILES string of the molecule is c1ccc(-n2ccc3ccc4c(c5ccccc5n4-c4cc(-c5cccnc5)cc(-c5cccnc5)c4)c32)cc1. The van der Waals surface area contributed by atoms with Gasteiger partial charge in [0.25, 0.3) is 0 Å². The van der Waals surface area contributed by atoms with E-state index in [4.69, 9.17) is 0 Å². The summed E-state index contributed by atoms with van der Waals surface area (Å²) in [5.41, 5.74) is 10.2. The molecule has 0 saturated carbocycles. The summed E-state index contributed by atoms with van der Waals surface area (Å²) in [6.07, 6.45) is 9.66. The van der Waals surface area contributed by atoms with Crippen LogP contribution in [0, 0.1) is 0 Å². The highest BCUT2D eigenvalue weighted by Gasteiger charge is 2.18. The maximum absolute atomic E-state index is 4.40. The fraction of sp³-hybridized carbons (Fsp3) is 0. The second-order valence-corrected chi connectivity index (χ2v) is 10.0. The first-order valence-corrected chi connectivity index (χ1v) is 13.4. The fourth-order valence-corrected chi connectivity index (χ4v) is 5.90. The van der Waals surface area contributed by atoms with Crippen LogP contribution >= 0.6 is 0 Å². The molecule has 0 saturated heterocycles. The van der Waals surface area contributed by atoms with Crippen LogP contribution in [0.4, 0.5) is 0 Å². The molecule has 0 radical (unpaired) electrons. The van der Waals surface area contributed by atoms with Crippen LogP contribution in [-0.2, 0) is 0 Å². The third-order valence-electron chi connectivity index (χ3n) is 7.69. The summed E-state index contributed by atoms with van der Waals surface area (Å²) >= 11 is 0. The van der Waals surface area contributed by atoms with Gasteiger partial charge in [0, 0.05) is 69.6 Å². The molecular formula is C36H24N4. The van der Waals surface area contributed by atoms with E-state index in [1.165, 1.54) is 32.7 Å². The maximum Gasteiger partial charge on any atom is 0.0628 e.